The van der Waals surface area contributed by atoms with Crippen molar-refractivity contribution in [3.05, 3.63) is 35.4 Å². The third-order valence-corrected chi connectivity index (χ3v) is 3.82. The lowest BCUT2D eigenvalue weighted by Gasteiger charge is -2.11. The highest BCUT2D eigenvalue weighted by Crippen LogP contribution is 2.07. The third kappa shape index (κ3) is 9.60. The molecule has 0 aliphatic heterocycles. The number of nitrogens with zero attached hydrogens (tertiary/aromatic N) is 2. The predicted molar refractivity (Wildman–Crippen MR) is 111 cm³/mol. The highest BCUT2D eigenvalue weighted by molar-refractivity contribution is 14.0. The SMILES string of the molecule is CCNC(=NCc1ccc(C(=O)N(C)C)cc1)NCCS(N)(=O)=O.I. The number of benzene rings is 1. The molecule has 1 aromatic carbocycles. The van der Waals surface area contributed by atoms with Crippen LogP contribution in [0.15, 0.2) is 29.3 Å². The van der Waals surface area contributed by atoms with E-state index in [1.807, 2.05) is 19.1 Å². The molecule has 1 amide bonds. The molecule has 0 heterocycles. The van der Waals surface area contributed by atoms with Gasteiger partial charge in [-0.3, -0.25) is 4.79 Å². The van der Waals surface area contributed by atoms with Crippen molar-refractivity contribution in [1.29, 1.82) is 0 Å². The zero-order valence-electron chi connectivity index (χ0n) is 14.7. The van der Waals surface area contributed by atoms with Crippen LogP contribution in [0.1, 0.15) is 22.8 Å². The van der Waals surface area contributed by atoms with Crippen molar-refractivity contribution in [3.8, 4) is 0 Å². The zero-order valence-corrected chi connectivity index (χ0v) is 17.8. The van der Waals surface area contributed by atoms with Crippen molar-refractivity contribution in [2.75, 3.05) is 32.9 Å². The van der Waals surface area contributed by atoms with Crippen LogP contribution in [-0.4, -0.2) is 58.1 Å². The minimum absolute atomic E-state index is 0. The summed E-state index contributed by atoms with van der Waals surface area (Å²) < 4.78 is 21.9. The van der Waals surface area contributed by atoms with E-state index in [-0.39, 0.29) is 42.2 Å². The number of nitrogens with two attached hydrogens (primary N) is 1. The van der Waals surface area contributed by atoms with Gasteiger partial charge in [0, 0.05) is 32.7 Å². The van der Waals surface area contributed by atoms with E-state index in [1.165, 1.54) is 4.90 Å². The van der Waals surface area contributed by atoms with Gasteiger partial charge in [-0.25, -0.2) is 18.5 Å². The molecule has 0 atom stereocenters. The van der Waals surface area contributed by atoms with Crippen molar-refractivity contribution in [1.82, 2.24) is 15.5 Å². The van der Waals surface area contributed by atoms with E-state index >= 15 is 0 Å². The Balaban J connectivity index is 0.00000576. The van der Waals surface area contributed by atoms with Gasteiger partial charge in [0.1, 0.15) is 0 Å². The van der Waals surface area contributed by atoms with Crippen LogP contribution in [0.25, 0.3) is 0 Å². The molecule has 0 fully saturated rings. The summed E-state index contributed by atoms with van der Waals surface area (Å²) in [5.41, 5.74) is 1.56. The van der Waals surface area contributed by atoms with E-state index in [4.69, 9.17) is 5.14 Å². The molecule has 0 aliphatic carbocycles. The molecule has 1 rings (SSSR count). The third-order valence-electron chi connectivity index (χ3n) is 3.05. The summed E-state index contributed by atoms with van der Waals surface area (Å²) in [5, 5.41) is 10.9. The van der Waals surface area contributed by atoms with E-state index < -0.39 is 10.0 Å². The molecule has 0 saturated carbocycles. The first-order valence-corrected chi connectivity index (χ1v) is 9.27. The van der Waals surface area contributed by atoms with E-state index in [0.717, 1.165) is 5.56 Å². The van der Waals surface area contributed by atoms with Crippen LogP contribution in [0.5, 0.6) is 0 Å². The first-order valence-electron chi connectivity index (χ1n) is 7.56. The fourth-order valence-electron chi connectivity index (χ4n) is 1.83. The molecule has 0 radical (unpaired) electrons. The number of hydrogen-bond donors (Lipinski definition) is 3. The topological polar surface area (TPSA) is 117 Å². The van der Waals surface area contributed by atoms with Gasteiger partial charge in [-0.15, -0.1) is 24.0 Å². The average molecular weight is 483 g/mol. The normalized spacial score (nSPS) is 11.4. The maximum atomic E-state index is 11.8. The maximum Gasteiger partial charge on any atom is 0.253 e. The Morgan fingerprint density at radius 3 is 2.28 bits per heavy atom. The Labute approximate surface area is 166 Å². The summed E-state index contributed by atoms with van der Waals surface area (Å²) >= 11 is 0. The lowest BCUT2D eigenvalue weighted by atomic mass is 10.1. The number of guanidine groups is 1. The molecule has 4 N–H and O–H groups in total. The van der Waals surface area contributed by atoms with Crippen molar-refractivity contribution < 1.29 is 13.2 Å². The molecule has 0 spiro atoms. The molecule has 0 aromatic heterocycles. The van der Waals surface area contributed by atoms with Crippen LogP contribution in [0, 0.1) is 0 Å². The number of nitrogens with one attached hydrogen (secondary N) is 2. The molecular formula is C15H26IN5O3S. The molecule has 0 bridgehead atoms. The Morgan fingerprint density at radius 1 is 1.20 bits per heavy atom. The lowest BCUT2D eigenvalue weighted by molar-refractivity contribution is 0.0827. The molecule has 10 heteroatoms. The van der Waals surface area contributed by atoms with Gasteiger partial charge >= 0.3 is 0 Å². The summed E-state index contributed by atoms with van der Waals surface area (Å²) in [7, 11) is -0.0934. The van der Waals surface area contributed by atoms with Gasteiger partial charge in [0.15, 0.2) is 5.96 Å². The van der Waals surface area contributed by atoms with Gasteiger partial charge in [0.25, 0.3) is 5.91 Å². The number of primary sulfonamides is 1. The van der Waals surface area contributed by atoms with Gasteiger partial charge in [-0.05, 0) is 24.6 Å². The minimum atomic E-state index is -3.50. The van der Waals surface area contributed by atoms with Crippen molar-refractivity contribution >= 4 is 45.9 Å². The van der Waals surface area contributed by atoms with Gasteiger partial charge in [-0.1, -0.05) is 12.1 Å². The van der Waals surface area contributed by atoms with Crippen molar-refractivity contribution in [3.63, 3.8) is 0 Å². The van der Waals surface area contributed by atoms with Gasteiger partial charge < -0.3 is 15.5 Å². The number of amides is 1. The number of hydrogen-bond acceptors (Lipinski definition) is 4. The molecule has 0 aliphatic rings. The standard InChI is InChI=1S/C15H25N5O3S.HI/c1-4-17-15(18-9-10-24(16,22)23)19-11-12-5-7-13(8-6-12)14(21)20(2)3;/h5-8H,4,9-11H2,1-3H3,(H2,16,22,23)(H2,17,18,19);1H. The number of carbonyl (C=O) groups excluding carboxylic acids is 1. The number of carbonyl (C=O) groups is 1. The van der Waals surface area contributed by atoms with Gasteiger partial charge in [-0.2, -0.15) is 0 Å². The average Bonchev–Trinajstić information content (AvgIpc) is 2.51. The number of sulfonamides is 1. The lowest BCUT2D eigenvalue weighted by Crippen LogP contribution is -2.40. The number of rotatable bonds is 7. The van der Waals surface area contributed by atoms with Crippen LogP contribution in [0.4, 0.5) is 0 Å². The predicted octanol–water partition coefficient (Wildman–Crippen LogP) is 0.350. The largest absolute Gasteiger partial charge is 0.357 e. The van der Waals surface area contributed by atoms with E-state index in [0.29, 0.717) is 24.6 Å². The number of aliphatic imine (C=N–C) groups is 1. The van der Waals surface area contributed by atoms with Crippen LogP contribution >= 0.6 is 24.0 Å². The van der Waals surface area contributed by atoms with E-state index in [1.54, 1.807) is 26.2 Å². The van der Waals surface area contributed by atoms with Crippen LogP contribution in [-0.2, 0) is 16.6 Å². The fourth-order valence-corrected chi connectivity index (χ4v) is 2.22. The molecular weight excluding hydrogens is 457 g/mol. The first kappa shape index (κ1) is 23.6. The number of halogens is 1. The highest BCUT2D eigenvalue weighted by atomic mass is 127. The van der Waals surface area contributed by atoms with Crippen LogP contribution in [0.2, 0.25) is 0 Å². The van der Waals surface area contributed by atoms with Crippen LogP contribution in [0.3, 0.4) is 0 Å². The molecule has 0 unspecified atom stereocenters. The second-order valence-electron chi connectivity index (χ2n) is 5.39. The molecule has 8 nitrogen and oxygen atoms in total. The monoisotopic (exact) mass is 483 g/mol. The van der Waals surface area contributed by atoms with Crippen molar-refractivity contribution in [2.45, 2.75) is 13.5 Å². The summed E-state index contributed by atoms with van der Waals surface area (Å²) in [4.78, 5) is 17.7. The van der Waals surface area contributed by atoms with Gasteiger partial charge in [0.2, 0.25) is 10.0 Å². The summed E-state index contributed by atoms with van der Waals surface area (Å²) in [6, 6.07) is 7.20. The molecule has 1 aromatic rings. The molecule has 142 valence electrons. The first-order chi connectivity index (χ1) is 11.2. The van der Waals surface area contributed by atoms with Crippen molar-refractivity contribution in [2.24, 2.45) is 10.1 Å². The Morgan fingerprint density at radius 2 is 1.80 bits per heavy atom. The zero-order chi connectivity index (χ0) is 18.2. The Kier molecular flexibility index (Phi) is 10.6. The Hall–Kier alpha value is -1.40. The quantitative estimate of drug-likeness (QED) is 0.294. The molecule has 0 saturated heterocycles. The van der Waals surface area contributed by atoms with E-state index in [2.05, 4.69) is 15.6 Å². The second kappa shape index (κ2) is 11.3. The minimum Gasteiger partial charge on any atom is -0.357 e. The smallest absolute Gasteiger partial charge is 0.253 e. The maximum absolute atomic E-state index is 11.8. The van der Waals surface area contributed by atoms with E-state index in [9.17, 15) is 13.2 Å². The summed E-state index contributed by atoms with van der Waals surface area (Å²) in [6.45, 7) is 3.15. The Bertz CT molecular complexity index is 675. The molecule has 25 heavy (non-hydrogen) atoms. The summed E-state index contributed by atoms with van der Waals surface area (Å²) in [5.74, 6) is 0.288. The second-order valence-corrected chi connectivity index (χ2v) is 7.12. The van der Waals surface area contributed by atoms with Gasteiger partial charge in [0.05, 0.1) is 12.3 Å². The fraction of sp³-hybridized carbons (Fsp3) is 0.467. The highest BCUT2D eigenvalue weighted by Gasteiger charge is 2.07. The summed E-state index contributed by atoms with van der Waals surface area (Å²) in [6.07, 6.45) is 0. The van der Waals surface area contributed by atoms with Crippen LogP contribution < -0.4 is 15.8 Å².